The minimum absolute atomic E-state index is 0.206. The summed E-state index contributed by atoms with van der Waals surface area (Å²) in [5, 5.41) is 9.37. The van der Waals surface area contributed by atoms with Gasteiger partial charge in [0.15, 0.2) is 30.7 Å². The summed E-state index contributed by atoms with van der Waals surface area (Å²) >= 11 is 0. The Hall–Kier alpha value is -0.259. The van der Waals surface area contributed by atoms with Gasteiger partial charge in [-0.15, -0.1) is 0 Å². The molecule has 0 aromatic rings. The standard InChI is InChI=1S/C16H36O5Si3/c1-13(15(17)18)12-16(20-23(6,7)8,21-24(9,10)11)14(2)19-22(3,4)5/h12,14H,1-11H3,(H,17,18). The molecule has 0 aromatic carbocycles. The second kappa shape index (κ2) is 7.96. The average Bonchev–Trinajstić information content (AvgIpc) is 2.20. The van der Waals surface area contributed by atoms with Crippen LogP contribution in [0.1, 0.15) is 13.8 Å². The Morgan fingerprint density at radius 3 is 1.54 bits per heavy atom. The predicted molar refractivity (Wildman–Crippen MR) is 107 cm³/mol. The van der Waals surface area contributed by atoms with E-state index in [1.807, 2.05) is 6.92 Å². The zero-order valence-corrected chi connectivity index (χ0v) is 20.2. The summed E-state index contributed by atoms with van der Waals surface area (Å²) in [6.45, 7) is 22.2. The van der Waals surface area contributed by atoms with E-state index in [1.54, 1.807) is 13.0 Å². The zero-order chi connectivity index (χ0) is 19.6. The van der Waals surface area contributed by atoms with E-state index in [4.69, 9.17) is 13.3 Å². The van der Waals surface area contributed by atoms with E-state index in [0.29, 0.717) is 0 Å². The monoisotopic (exact) mass is 392 g/mol. The van der Waals surface area contributed by atoms with Crippen LogP contribution in [0.4, 0.5) is 0 Å². The molecule has 5 nitrogen and oxygen atoms in total. The Morgan fingerprint density at radius 2 is 1.29 bits per heavy atom. The Kier molecular flexibility index (Phi) is 7.88. The van der Waals surface area contributed by atoms with Crippen molar-refractivity contribution in [3.05, 3.63) is 11.6 Å². The zero-order valence-electron chi connectivity index (χ0n) is 17.2. The third-order valence-corrected chi connectivity index (χ3v) is 5.71. The summed E-state index contributed by atoms with van der Waals surface area (Å²) < 4.78 is 19.1. The SMILES string of the molecule is CC(=CC(O[Si](C)(C)C)(O[Si](C)(C)C)C(C)O[Si](C)(C)C)C(=O)O. The Bertz CT molecular complexity index is 454. The van der Waals surface area contributed by atoms with Gasteiger partial charge in [0.05, 0.1) is 6.10 Å². The molecule has 0 amide bonds. The van der Waals surface area contributed by atoms with E-state index in [0.717, 1.165) is 0 Å². The van der Waals surface area contributed by atoms with Gasteiger partial charge in [-0.25, -0.2) is 4.79 Å². The molecule has 0 rings (SSSR count). The van der Waals surface area contributed by atoms with Crippen molar-refractivity contribution in [2.75, 3.05) is 0 Å². The molecule has 0 bridgehead atoms. The lowest BCUT2D eigenvalue weighted by Crippen LogP contribution is -2.57. The van der Waals surface area contributed by atoms with Crippen LogP contribution >= 0.6 is 0 Å². The Labute approximate surface area is 150 Å². The van der Waals surface area contributed by atoms with Crippen molar-refractivity contribution in [2.45, 2.75) is 84.7 Å². The van der Waals surface area contributed by atoms with Crippen LogP contribution in [0.5, 0.6) is 0 Å². The molecule has 0 spiro atoms. The second-order valence-electron chi connectivity index (χ2n) is 9.16. The van der Waals surface area contributed by atoms with E-state index in [2.05, 4.69) is 58.9 Å². The topological polar surface area (TPSA) is 65.0 Å². The van der Waals surface area contributed by atoms with Crippen molar-refractivity contribution in [2.24, 2.45) is 0 Å². The maximum absolute atomic E-state index is 11.4. The van der Waals surface area contributed by atoms with Crippen LogP contribution in [0, 0.1) is 0 Å². The first-order chi connectivity index (χ1) is 10.4. The molecule has 0 fully saturated rings. The van der Waals surface area contributed by atoms with Crippen LogP contribution in [0.15, 0.2) is 11.6 Å². The third-order valence-electron chi connectivity index (χ3n) is 2.78. The number of hydrogen-bond donors (Lipinski definition) is 1. The molecule has 0 aromatic heterocycles. The lowest BCUT2D eigenvalue weighted by molar-refractivity contribution is -0.151. The van der Waals surface area contributed by atoms with Crippen molar-refractivity contribution in [3.8, 4) is 0 Å². The molecular formula is C16H36O5Si3. The van der Waals surface area contributed by atoms with Gasteiger partial charge in [-0.05, 0) is 78.8 Å². The van der Waals surface area contributed by atoms with E-state index in [1.165, 1.54) is 0 Å². The summed E-state index contributed by atoms with van der Waals surface area (Å²) in [4.78, 5) is 11.4. The first-order valence-corrected chi connectivity index (χ1v) is 18.6. The molecular weight excluding hydrogens is 356 g/mol. The molecule has 0 heterocycles. The summed E-state index contributed by atoms with van der Waals surface area (Å²) in [5.41, 5.74) is 0.206. The van der Waals surface area contributed by atoms with Crippen molar-refractivity contribution in [1.82, 2.24) is 0 Å². The predicted octanol–water partition coefficient (Wildman–Crippen LogP) is 4.66. The number of carbonyl (C=O) groups is 1. The van der Waals surface area contributed by atoms with Gasteiger partial charge in [0.2, 0.25) is 0 Å². The number of aliphatic carboxylic acids is 1. The minimum Gasteiger partial charge on any atom is -0.478 e. The van der Waals surface area contributed by atoms with E-state index < -0.39 is 42.8 Å². The van der Waals surface area contributed by atoms with Gasteiger partial charge in [-0.2, -0.15) is 0 Å². The molecule has 1 atom stereocenters. The first kappa shape index (κ1) is 23.7. The summed E-state index contributed by atoms with van der Waals surface area (Å²) in [6, 6.07) is 0. The fourth-order valence-corrected chi connectivity index (χ4v) is 6.05. The average molecular weight is 393 g/mol. The molecule has 8 heteroatoms. The van der Waals surface area contributed by atoms with Gasteiger partial charge in [0.25, 0.3) is 0 Å². The lowest BCUT2D eigenvalue weighted by Gasteiger charge is -2.46. The molecule has 0 aliphatic rings. The number of hydrogen-bond acceptors (Lipinski definition) is 4. The number of carboxylic acids is 1. The highest BCUT2D eigenvalue weighted by atomic mass is 28.4. The highest BCUT2D eigenvalue weighted by molar-refractivity contribution is 6.71. The van der Waals surface area contributed by atoms with Gasteiger partial charge in [-0.1, -0.05) is 0 Å². The van der Waals surface area contributed by atoms with Crippen molar-refractivity contribution in [1.29, 1.82) is 0 Å². The molecule has 24 heavy (non-hydrogen) atoms. The lowest BCUT2D eigenvalue weighted by atomic mass is 10.1. The maximum Gasteiger partial charge on any atom is 0.331 e. The van der Waals surface area contributed by atoms with Crippen molar-refractivity contribution < 1.29 is 23.2 Å². The number of carboxylic acid groups (broad SMARTS) is 1. The molecule has 142 valence electrons. The van der Waals surface area contributed by atoms with Crippen LogP contribution in [0.25, 0.3) is 0 Å². The van der Waals surface area contributed by atoms with Crippen LogP contribution in [0.2, 0.25) is 58.9 Å². The van der Waals surface area contributed by atoms with Crippen LogP contribution in [0.3, 0.4) is 0 Å². The highest BCUT2D eigenvalue weighted by Crippen LogP contribution is 2.33. The molecule has 0 radical (unpaired) electrons. The van der Waals surface area contributed by atoms with Gasteiger partial charge >= 0.3 is 5.97 Å². The molecule has 0 aliphatic heterocycles. The van der Waals surface area contributed by atoms with Crippen molar-refractivity contribution >= 4 is 30.9 Å². The molecule has 0 saturated carbocycles. The van der Waals surface area contributed by atoms with Crippen LogP contribution < -0.4 is 0 Å². The normalized spacial score (nSPS) is 16.2. The summed E-state index contributed by atoms with van der Waals surface area (Å²) in [5.74, 6) is -2.14. The molecule has 1 N–H and O–H groups in total. The Morgan fingerprint density at radius 1 is 0.917 bits per heavy atom. The highest BCUT2D eigenvalue weighted by Gasteiger charge is 2.46. The van der Waals surface area contributed by atoms with Gasteiger partial charge < -0.3 is 18.4 Å². The molecule has 1 unspecified atom stereocenters. The van der Waals surface area contributed by atoms with Gasteiger partial charge in [0, 0.05) is 5.57 Å². The second-order valence-corrected chi connectivity index (χ2v) is 22.5. The fraction of sp³-hybridized carbons (Fsp3) is 0.812. The maximum atomic E-state index is 11.4. The largest absolute Gasteiger partial charge is 0.478 e. The van der Waals surface area contributed by atoms with Gasteiger partial charge in [0.1, 0.15) is 0 Å². The molecule has 0 aliphatic carbocycles. The summed E-state index contributed by atoms with van der Waals surface area (Å²) in [6.07, 6.45) is 1.22. The quantitative estimate of drug-likeness (QED) is 0.351. The smallest absolute Gasteiger partial charge is 0.331 e. The number of rotatable bonds is 9. The fourth-order valence-electron chi connectivity index (χ4n) is 2.30. The first-order valence-electron chi connectivity index (χ1n) is 8.38. The Balaban J connectivity index is 6.21. The summed E-state index contributed by atoms with van der Waals surface area (Å²) in [7, 11) is -5.94. The van der Waals surface area contributed by atoms with Crippen molar-refractivity contribution in [3.63, 3.8) is 0 Å². The van der Waals surface area contributed by atoms with Crippen LogP contribution in [-0.2, 0) is 18.1 Å². The van der Waals surface area contributed by atoms with Gasteiger partial charge in [-0.3, -0.25) is 0 Å². The third kappa shape index (κ3) is 9.28. The van der Waals surface area contributed by atoms with E-state index in [9.17, 15) is 9.90 Å². The minimum atomic E-state index is -2.04. The van der Waals surface area contributed by atoms with E-state index in [-0.39, 0.29) is 5.57 Å². The van der Waals surface area contributed by atoms with Crippen LogP contribution in [-0.4, -0.2) is 47.9 Å². The van der Waals surface area contributed by atoms with E-state index >= 15 is 0 Å². The molecule has 0 saturated heterocycles.